The predicted octanol–water partition coefficient (Wildman–Crippen LogP) is 3.62. The van der Waals surface area contributed by atoms with E-state index in [1.807, 2.05) is 0 Å². The summed E-state index contributed by atoms with van der Waals surface area (Å²) in [5.74, 6) is -2.11. The monoisotopic (exact) mass is 454 g/mol. The Balaban J connectivity index is 1.39. The second-order valence-electron chi connectivity index (χ2n) is 8.02. The third-order valence-electron chi connectivity index (χ3n) is 5.70. The Morgan fingerprint density at radius 3 is 2.03 bits per heavy atom. The van der Waals surface area contributed by atoms with E-state index >= 15 is 0 Å². The maximum Gasteiger partial charge on any atom is 0.335 e. The number of carboxylic acid groups (broad SMARTS) is 1. The van der Waals surface area contributed by atoms with Gasteiger partial charge in [0, 0.05) is 12.0 Å². The van der Waals surface area contributed by atoms with Crippen molar-refractivity contribution in [2.75, 3.05) is 6.61 Å². The molecule has 1 unspecified atom stereocenters. The molecule has 0 radical (unpaired) electrons. The molecule has 2 aliphatic rings. The molecule has 0 spiro atoms. The third kappa shape index (κ3) is 6.90. The van der Waals surface area contributed by atoms with E-state index in [9.17, 15) is 19.2 Å². The Bertz CT molecular complexity index is 965. The van der Waals surface area contributed by atoms with E-state index in [4.69, 9.17) is 19.3 Å². The van der Waals surface area contributed by atoms with E-state index in [1.165, 1.54) is 18.2 Å². The number of carboxylic acids is 1. The van der Waals surface area contributed by atoms with Gasteiger partial charge >= 0.3 is 23.9 Å². The number of carbonyl (C=O) groups is 4. The van der Waals surface area contributed by atoms with E-state index in [-0.39, 0.29) is 41.9 Å². The van der Waals surface area contributed by atoms with Crippen LogP contribution in [-0.2, 0) is 23.9 Å². The fourth-order valence-electron chi connectivity index (χ4n) is 3.75. The fraction of sp³-hybridized carbons (Fsp3) is 0.360. The molecule has 0 heterocycles. The zero-order valence-electron chi connectivity index (χ0n) is 18.1. The smallest absolute Gasteiger partial charge is 0.335 e. The number of allylic oxidation sites excluding steroid dienone is 1. The highest BCUT2D eigenvalue weighted by molar-refractivity contribution is 5.90. The van der Waals surface area contributed by atoms with Crippen LogP contribution in [0.1, 0.15) is 32.1 Å². The first-order chi connectivity index (χ1) is 15.9. The molecular formula is C25H26O8. The molecule has 0 amide bonds. The van der Waals surface area contributed by atoms with Gasteiger partial charge < -0.3 is 19.3 Å². The predicted molar refractivity (Wildman–Crippen MR) is 117 cm³/mol. The van der Waals surface area contributed by atoms with E-state index in [2.05, 4.69) is 6.58 Å². The lowest BCUT2D eigenvalue weighted by atomic mass is 9.82. The summed E-state index contributed by atoms with van der Waals surface area (Å²) in [5, 5.41) is 8.95. The van der Waals surface area contributed by atoms with Crippen LogP contribution < -0.4 is 9.47 Å². The lowest BCUT2D eigenvalue weighted by Crippen LogP contribution is -2.30. The molecular weight excluding hydrogens is 428 g/mol. The van der Waals surface area contributed by atoms with Crippen molar-refractivity contribution in [1.29, 1.82) is 0 Å². The van der Waals surface area contributed by atoms with Gasteiger partial charge in [-0.25, -0.2) is 9.59 Å². The van der Waals surface area contributed by atoms with Gasteiger partial charge in [-0.05, 0) is 56.4 Å². The van der Waals surface area contributed by atoms with Crippen LogP contribution in [0.2, 0.25) is 0 Å². The molecule has 8 heteroatoms. The van der Waals surface area contributed by atoms with Crippen molar-refractivity contribution in [1.82, 2.24) is 0 Å². The molecule has 1 saturated carbocycles. The molecule has 174 valence electrons. The van der Waals surface area contributed by atoms with Crippen LogP contribution in [-0.4, -0.2) is 35.6 Å². The second kappa shape index (κ2) is 11.3. The number of ether oxygens (including phenoxy) is 3. The van der Waals surface area contributed by atoms with Gasteiger partial charge in [0.05, 0.1) is 24.0 Å². The van der Waals surface area contributed by atoms with Crippen molar-refractivity contribution in [2.45, 2.75) is 32.1 Å². The number of carbonyl (C=O) groups excluding carboxylic acids is 3. The Kier molecular flexibility index (Phi) is 8.18. The zero-order chi connectivity index (χ0) is 23.8. The third-order valence-corrected chi connectivity index (χ3v) is 5.70. The highest BCUT2D eigenvalue weighted by Gasteiger charge is 2.32. The van der Waals surface area contributed by atoms with Crippen LogP contribution in [0.5, 0.6) is 11.5 Å². The molecule has 0 bridgehead atoms. The molecule has 1 N–H and O–H groups in total. The highest BCUT2D eigenvalue weighted by Crippen LogP contribution is 2.31. The number of esters is 3. The van der Waals surface area contributed by atoms with Crippen molar-refractivity contribution in [3.63, 3.8) is 0 Å². The number of aliphatic carboxylic acids is 1. The zero-order valence-corrected chi connectivity index (χ0v) is 18.1. The van der Waals surface area contributed by atoms with E-state index in [0.717, 1.165) is 6.08 Å². The summed E-state index contributed by atoms with van der Waals surface area (Å²) in [6.45, 7) is 3.53. The lowest BCUT2D eigenvalue weighted by molar-refractivity contribution is -0.152. The molecule has 2 aliphatic carbocycles. The minimum absolute atomic E-state index is 0.0324. The molecule has 0 aromatic heterocycles. The van der Waals surface area contributed by atoms with Crippen molar-refractivity contribution < 1.29 is 38.5 Å². The maximum atomic E-state index is 12.5. The summed E-state index contributed by atoms with van der Waals surface area (Å²) in [4.78, 5) is 47.0. The average molecular weight is 454 g/mol. The van der Waals surface area contributed by atoms with Gasteiger partial charge in [-0.3, -0.25) is 9.59 Å². The van der Waals surface area contributed by atoms with Crippen LogP contribution in [0.4, 0.5) is 0 Å². The van der Waals surface area contributed by atoms with Crippen LogP contribution in [0.25, 0.3) is 0 Å². The van der Waals surface area contributed by atoms with Gasteiger partial charge in [0.1, 0.15) is 11.5 Å². The van der Waals surface area contributed by atoms with Gasteiger partial charge in [-0.15, -0.1) is 0 Å². The van der Waals surface area contributed by atoms with Gasteiger partial charge in [-0.2, -0.15) is 0 Å². The number of hydrogen-bond donors (Lipinski definition) is 1. The van der Waals surface area contributed by atoms with Crippen LogP contribution >= 0.6 is 0 Å². The molecule has 1 fully saturated rings. The SMILES string of the molecule is C=CC(=O)Oc1ccc(OC(=O)C2CCC(C(=O)OCC3C=CC(C(=O)O)=CC3)CC2)cc1. The first-order valence-corrected chi connectivity index (χ1v) is 10.8. The normalized spacial score (nSPS) is 21.9. The summed E-state index contributed by atoms with van der Waals surface area (Å²) >= 11 is 0. The lowest BCUT2D eigenvalue weighted by Gasteiger charge is -2.26. The molecule has 3 rings (SSSR count). The summed E-state index contributed by atoms with van der Waals surface area (Å²) in [6.07, 6.45) is 8.62. The van der Waals surface area contributed by atoms with Gasteiger partial charge in [0.25, 0.3) is 0 Å². The molecule has 8 nitrogen and oxygen atoms in total. The highest BCUT2D eigenvalue weighted by atomic mass is 16.5. The Hall–Kier alpha value is -3.68. The number of benzene rings is 1. The molecule has 0 aliphatic heterocycles. The summed E-state index contributed by atoms with van der Waals surface area (Å²) in [5.41, 5.74) is 0.245. The second-order valence-corrected chi connectivity index (χ2v) is 8.02. The minimum atomic E-state index is -0.969. The summed E-state index contributed by atoms with van der Waals surface area (Å²) in [7, 11) is 0. The van der Waals surface area contributed by atoms with Crippen LogP contribution in [0, 0.1) is 17.8 Å². The van der Waals surface area contributed by atoms with E-state index in [0.29, 0.717) is 43.6 Å². The Labute approximate surface area is 191 Å². The molecule has 1 atom stereocenters. The average Bonchev–Trinajstić information content (AvgIpc) is 2.84. The van der Waals surface area contributed by atoms with E-state index < -0.39 is 11.9 Å². The van der Waals surface area contributed by atoms with Gasteiger partial charge in [-0.1, -0.05) is 24.8 Å². The molecule has 1 aromatic carbocycles. The summed E-state index contributed by atoms with van der Waals surface area (Å²) in [6, 6.07) is 6.13. The number of hydrogen-bond acceptors (Lipinski definition) is 7. The molecule has 1 aromatic rings. The summed E-state index contributed by atoms with van der Waals surface area (Å²) < 4.78 is 15.8. The minimum Gasteiger partial charge on any atom is -0.478 e. The van der Waals surface area contributed by atoms with Crippen molar-refractivity contribution in [3.05, 3.63) is 60.7 Å². The van der Waals surface area contributed by atoms with Crippen molar-refractivity contribution >= 4 is 23.9 Å². The van der Waals surface area contributed by atoms with Crippen molar-refractivity contribution in [2.24, 2.45) is 17.8 Å². The van der Waals surface area contributed by atoms with Crippen molar-refractivity contribution in [3.8, 4) is 11.5 Å². The first-order valence-electron chi connectivity index (χ1n) is 10.8. The Morgan fingerprint density at radius 2 is 1.52 bits per heavy atom. The Morgan fingerprint density at radius 1 is 0.939 bits per heavy atom. The van der Waals surface area contributed by atoms with Crippen LogP contribution in [0.3, 0.4) is 0 Å². The maximum absolute atomic E-state index is 12.5. The molecule has 0 saturated heterocycles. The number of rotatable bonds is 8. The molecule has 33 heavy (non-hydrogen) atoms. The fourth-order valence-corrected chi connectivity index (χ4v) is 3.75. The first kappa shape index (κ1) is 24.0. The standard InChI is InChI=1S/C25H26O8/c1-2-22(26)32-20-11-13-21(14-12-20)33-25(30)19-9-7-18(8-10-19)24(29)31-15-16-3-5-17(6-4-16)23(27)28/h2-3,5-6,11-14,16,18-19H,1,4,7-10,15H2,(H,27,28). The largest absolute Gasteiger partial charge is 0.478 e. The van der Waals surface area contributed by atoms with Gasteiger partial charge in [0.15, 0.2) is 0 Å². The van der Waals surface area contributed by atoms with Gasteiger partial charge in [0.2, 0.25) is 0 Å². The quantitative estimate of drug-likeness (QED) is 0.360. The van der Waals surface area contributed by atoms with E-state index in [1.54, 1.807) is 24.3 Å². The van der Waals surface area contributed by atoms with Crippen LogP contribution in [0.15, 0.2) is 60.7 Å². The topological polar surface area (TPSA) is 116 Å².